The van der Waals surface area contributed by atoms with Crippen LogP contribution in [0, 0.1) is 11.7 Å². The number of H-pyrrole nitrogens is 1. The molecule has 0 bridgehead atoms. The van der Waals surface area contributed by atoms with Crippen molar-refractivity contribution in [2.24, 2.45) is 0 Å². The van der Waals surface area contributed by atoms with Crippen LogP contribution in [0.3, 0.4) is 0 Å². The van der Waals surface area contributed by atoms with Crippen LogP contribution in [0.15, 0.2) is 46.9 Å². The van der Waals surface area contributed by atoms with E-state index in [9.17, 15) is 0 Å². The van der Waals surface area contributed by atoms with E-state index >= 15 is 0 Å². The minimum atomic E-state index is 0.577. The Labute approximate surface area is 115 Å². The lowest BCUT2D eigenvalue weighted by Crippen LogP contribution is -2.01. The topological polar surface area (TPSA) is 46.8 Å². The van der Waals surface area contributed by atoms with Crippen LogP contribution in [0.25, 0.3) is 11.4 Å². The summed E-state index contributed by atoms with van der Waals surface area (Å²) in [6, 6.07) is 13.9. The van der Waals surface area contributed by atoms with Crippen molar-refractivity contribution in [3.05, 3.63) is 58.8 Å². The van der Waals surface area contributed by atoms with Crippen LogP contribution in [-0.2, 0) is 6.54 Å². The van der Waals surface area contributed by atoms with Crippen molar-refractivity contribution >= 4 is 12.2 Å². The molecule has 0 unspecified atom stereocenters. The van der Waals surface area contributed by atoms with Crippen molar-refractivity contribution in [1.82, 2.24) is 14.8 Å². The fourth-order valence-electron chi connectivity index (χ4n) is 2.00. The molecule has 0 aliphatic heterocycles. The first-order valence-electron chi connectivity index (χ1n) is 6.00. The summed E-state index contributed by atoms with van der Waals surface area (Å²) in [7, 11) is 0. The quantitative estimate of drug-likeness (QED) is 0.741. The molecule has 0 fully saturated rings. The van der Waals surface area contributed by atoms with Gasteiger partial charge in [-0.1, -0.05) is 30.3 Å². The number of rotatable bonds is 3. The van der Waals surface area contributed by atoms with Gasteiger partial charge in [0.05, 0.1) is 6.54 Å². The predicted octanol–water partition coefficient (Wildman–Crippen LogP) is 3.56. The molecule has 0 amide bonds. The van der Waals surface area contributed by atoms with E-state index in [2.05, 4.69) is 10.2 Å². The summed E-state index contributed by atoms with van der Waals surface area (Å²) in [6.07, 6.45) is 0. The molecule has 2 aromatic heterocycles. The second-order valence-corrected chi connectivity index (χ2v) is 4.70. The molecule has 5 heteroatoms. The van der Waals surface area contributed by atoms with Crippen molar-refractivity contribution in [3.8, 4) is 11.4 Å². The second-order valence-electron chi connectivity index (χ2n) is 4.32. The summed E-state index contributed by atoms with van der Waals surface area (Å²) in [5, 5.41) is 7.13. The highest BCUT2D eigenvalue weighted by atomic mass is 32.1. The third-order valence-electron chi connectivity index (χ3n) is 2.90. The Kier molecular flexibility index (Phi) is 3.05. The smallest absolute Gasteiger partial charge is 0.195 e. The van der Waals surface area contributed by atoms with Crippen LogP contribution < -0.4 is 0 Å². The molecule has 19 heavy (non-hydrogen) atoms. The van der Waals surface area contributed by atoms with Gasteiger partial charge in [0.25, 0.3) is 0 Å². The van der Waals surface area contributed by atoms with Crippen molar-refractivity contribution in [2.75, 3.05) is 0 Å². The Morgan fingerprint density at radius 1 is 1.21 bits per heavy atom. The number of benzene rings is 1. The van der Waals surface area contributed by atoms with Crippen molar-refractivity contribution in [3.63, 3.8) is 0 Å². The third kappa shape index (κ3) is 2.37. The number of hydrogen-bond donors (Lipinski definition) is 1. The lowest BCUT2D eigenvalue weighted by atomic mass is 10.2. The minimum absolute atomic E-state index is 0.577. The molecule has 0 atom stereocenters. The number of aryl methyl sites for hydroxylation is 1. The predicted molar refractivity (Wildman–Crippen MR) is 75.4 cm³/mol. The highest BCUT2D eigenvalue weighted by molar-refractivity contribution is 7.71. The van der Waals surface area contributed by atoms with Gasteiger partial charge < -0.3 is 4.42 Å². The average Bonchev–Trinajstić information content (AvgIpc) is 2.99. The molecule has 1 N–H and O–H groups in total. The first-order valence-corrected chi connectivity index (χ1v) is 6.41. The summed E-state index contributed by atoms with van der Waals surface area (Å²) in [6.45, 7) is 2.50. The Morgan fingerprint density at radius 2 is 2.00 bits per heavy atom. The third-order valence-corrected chi connectivity index (χ3v) is 3.21. The highest BCUT2D eigenvalue weighted by Crippen LogP contribution is 2.18. The zero-order valence-corrected chi connectivity index (χ0v) is 11.3. The molecule has 3 rings (SSSR count). The largest absolute Gasteiger partial charge is 0.464 e. The van der Waals surface area contributed by atoms with Crippen LogP contribution in [0.1, 0.15) is 11.5 Å². The van der Waals surface area contributed by atoms with Gasteiger partial charge in [-0.3, -0.25) is 9.67 Å². The summed E-state index contributed by atoms with van der Waals surface area (Å²) < 4.78 is 8.12. The van der Waals surface area contributed by atoms with E-state index in [4.69, 9.17) is 16.6 Å². The zero-order valence-electron chi connectivity index (χ0n) is 10.5. The molecule has 0 saturated heterocycles. The van der Waals surface area contributed by atoms with Gasteiger partial charge in [0.15, 0.2) is 10.6 Å². The van der Waals surface area contributed by atoms with Crippen LogP contribution in [0.4, 0.5) is 0 Å². The maximum atomic E-state index is 5.59. The lowest BCUT2D eigenvalue weighted by Gasteiger charge is -2.04. The molecule has 4 nitrogen and oxygen atoms in total. The van der Waals surface area contributed by atoms with E-state index in [1.54, 1.807) is 0 Å². The van der Waals surface area contributed by atoms with E-state index < -0.39 is 0 Å². The number of nitrogens with one attached hydrogen (secondary N) is 1. The Bertz CT molecular complexity index is 739. The van der Waals surface area contributed by atoms with Gasteiger partial charge in [-0.25, -0.2) is 0 Å². The van der Waals surface area contributed by atoms with Gasteiger partial charge in [0, 0.05) is 5.56 Å². The Hall–Kier alpha value is -2.14. The number of aromatic nitrogens is 3. The van der Waals surface area contributed by atoms with Gasteiger partial charge in [-0.05, 0) is 31.3 Å². The molecular formula is C14H13N3OS. The van der Waals surface area contributed by atoms with Gasteiger partial charge in [-0.15, -0.1) is 0 Å². The van der Waals surface area contributed by atoms with E-state index in [1.807, 2.05) is 54.0 Å². The van der Waals surface area contributed by atoms with Crippen molar-refractivity contribution in [1.29, 1.82) is 0 Å². The van der Waals surface area contributed by atoms with Crippen LogP contribution >= 0.6 is 12.2 Å². The first kappa shape index (κ1) is 11.9. The summed E-state index contributed by atoms with van der Waals surface area (Å²) in [4.78, 5) is 0. The van der Waals surface area contributed by atoms with Gasteiger partial charge in [-0.2, -0.15) is 5.10 Å². The van der Waals surface area contributed by atoms with E-state index in [0.717, 1.165) is 22.9 Å². The molecule has 0 spiro atoms. The molecule has 0 aliphatic rings. The fourth-order valence-corrected chi connectivity index (χ4v) is 2.19. The van der Waals surface area contributed by atoms with E-state index in [1.165, 1.54) is 0 Å². The highest BCUT2D eigenvalue weighted by Gasteiger charge is 2.10. The molecule has 3 aromatic rings. The molecule has 1 aromatic carbocycles. The first-order chi connectivity index (χ1) is 9.24. The SMILES string of the molecule is Cc1ccc(Cn2c(-c3ccccc3)n[nH]c2=S)o1. The summed E-state index contributed by atoms with van der Waals surface area (Å²) in [5.74, 6) is 2.58. The molecule has 0 radical (unpaired) electrons. The molecular weight excluding hydrogens is 258 g/mol. The molecule has 0 aliphatic carbocycles. The number of aromatic amines is 1. The number of nitrogens with zero attached hydrogens (tertiary/aromatic N) is 2. The minimum Gasteiger partial charge on any atom is -0.464 e. The zero-order chi connectivity index (χ0) is 13.2. The standard InChI is InChI=1S/C14H13N3OS/c1-10-7-8-12(18-10)9-17-13(15-16-14(17)19)11-5-3-2-4-6-11/h2-8H,9H2,1H3,(H,16,19). The molecule has 96 valence electrons. The Balaban J connectivity index is 2.02. The molecule has 2 heterocycles. The van der Waals surface area contributed by atoms with Crippen molar-refractivity contribution < 1.29 is 4.42 Å². The van der Waals surface area contributed by atoms with Gasteiger partial charge >= 0.3 is 0 Å². The van der Waals surface area contributed by atoms with Crippen LogP contribution in [0.2, 0.25) is 0 Å². The lowest BCUT2D eigenvalue weighted by molar-refractivity contribution is 0.469. The second kappa shape index (κ2) is 4.85. The number of furan rings is 1. The average molecular weight is 271 g/mol. The van der Waals surface area contributed by atoms with Crippen molar-refractivity contribution in [2.45, 2.75) is 13.5 Å². The maximum absolute atomic E-state index is 5.59. The van der Waals surface area contributed by atoms with Gasteiger partial charge in [0.2, 0.25) is 0 Å². The number of hydrogen-bond acceptors (Lipinski definition) is 3. The Morgan fingerprint density at radius 3 is 2.68 bits per heavy atom. The molecule has 0 saturated carbocycles. The fraction of sp³-hybridized carbons (Fsp3) is 0.143. The normalized spacial score (nSPS) is 10.8. The van der Waals surface area contributed by atoms with E-state index in [0.29, 0.717) is 11.3 Å². The van der Waals surface area contributed by atoms with Crippen LogP contribution in [0.5, 0.6) is 0 Å². The van der Waals surface area contributed by atoms with Crippen LogP contribution in [-0.4, -0.2) is 14.8 Å². The van der Waals surface area contributed by atoms with E-state index in [-0.39, 0.29) is 0 Å². The van der Waals surface area contributed by atoms with Gasteiger partial charge in [0.1, 0.15) is 11.5 Å². The summed E-state index contributed by atoms with van der Waals surface area (Å²) >= 11 is 5.28. The maximum Gasteiger partial charge on any atom is 0.195 e. The summed E-state index contributed by atoms with van der Waals surface area (Å²) in [5.41, 5.74) is 1.03. The monoisotopic (exact) mass is 271 g/mol.